The molecular formula is C12H26N2O3S. The molecule has 2 unspecified atom stereocenters. The van der Waals surface area contributed by atoms with E-state index < -0.39 is 15.3 Å². The van der Waals surface area contributed by atoms with Gasteiger partial charge in [-0.2, -0.15) is 4.31 Å². The van der Waals surface area contributed by atoms with Crippen molar-refractivity contribution in [3.63, 3.8) is 0 Å². The van der Waals surface area contributed by atoms with E-state index in [2.05, 4.69) is 5.32 Å². The third kappa shape index (κ3) is 4.19. The Bertz CT molecular complexity index is 343. The van der Waals surface area contributed by atoms with Crippen molar-refractivity contribution in [3.05, 3.63) is 0 Å². The molecule has 1 N–H and O–H groups in total. The third-order valence-electron chi connectivity index (χ3n) is 3.24. The van der Waals surface area contributed by atoms with Gasteiger partial charge in [-0.05, 0) is 13.3 Å². The van der Waals surface area contributed by atoms with Crippen LogP contribution in [0.25, 0.3) is 0 Å². The van der Waals surface area contributed by atoms with Gasteiger partial charge in [-0.15, -0.1) is 0 Å². The molecular weight excluding hydrogens is 252 g/mol. The summed E-state index contributed by atoms with van der Waals surface area (Å²) in [6, 6.07) is 0.302. The minimum absolute atomic E-state index is 0.0405. The Morgan fingerprint density at radius 2 is 2.06 bits per heavy atom. The highest BCUT2D eigenvalue weighted by molar-refractivity contribution is 7.89. The zero-order chi connectivity index (χ0) is 13.8. The van der Waals surface area contributed by atoms with E-state index >= 15 is 0 Å². The lowest BCUT2D eigenvalue weighted by molar-refractivity contribution is -0.00301. The number of ether oxygens (including phenoxy) is 1. The first kappa shape index (κ1) is 15.9. The summed E-state index contributed by atoms with van der Waals surface area (Å²) in [5.41, 5.74) is 0. The standard InChI is InChI=1S/C12H26N2O3S/c1-5-12-9-14(6-7-17-12)18(15,16)11(4)8-13-10(2)3/h10-13H,5-9H2,1-4H3. The zero-order valence-electron chi connectivity index (χ0n) is 11.8. The zero-order valence-corrected chi connectivity index (χ0v) is 12.7. The fourth-order valence-electron chi connectivity index (χ4n) is 1.93. The Balaban J connectivity index is 2.61. The van der Waals surface area contributed by atoms with Crippen LogP contribution in [0.15, 0.2) is 0 Å². The maximum Gasteiger partial charge on any atom is 0.218 e. The molecule has 1 fully saturated rings. The van der Waals surface area contributed by atoms with E-state index in [0.29, 0.717) is 32.3 Å². The SMILES string of the molecule is CCC1CN(S(=O)(=O)C(C)CNC(C)C)CCO1. The predicted octanol–water partition coefficient (Wildman–Crippen LogP) is 0.814. The molecule has 5 nitrogen and oxygen atoms in total. The second-order valence-electron chi connectivity index (χ2n) is 5.18. The van der Waals surface area contributed by atoms with Crippen molar-refractivity contribution in [2.24, 2.45) is 0 Å². The fourth-order valence-corrected chi connectivity index (χ4v) is 3.45. The van der Waals surface area contributed by atoms with Crippen LogP contribution >= 0.6 is 0 Å². The number of hydrogen-bond donors (Lipinski definition) is 1. The molecule has 1 saturated heterocycles. The van der Waals surface area contributed by atoms with E-state index in [0.717, 1.165) is 6.42 Å². The lowest BCUT2D eigenvalue weighted by Gasteiger charge is -2.33. The number of morpholine rings is 1. The van der Waals surface area contributed by atoms with Crippen LogP contribution in [-0.4, -0.2) is 56.4 Å². The van der Waals surface area contributed by atoms with E-state index in [1.54, 1.807) is 11.2 Å². The van der Waals surface area contributed by atoms with Gasteiger partial charge in [-0.25, -0.2) is 8.42 Å². The maximum absolute atomic E-state index is 12.4. The average Bonchev–Trinajstić information content (AvgIpc) is 2.35. The lowest BCUT2D eigenvalue weighted by Crippen LogP contribution is -2.50. The molecule has 0 amide bonds. The quantitative estimate of drug-likeness (QED) is 0.781. The van der Waals surface area contributed by atoms with Gasteiger partial charge in [0.1, 0.15) is 0 Å². The molecule has 0 radical (unpaired) electrons. The van der Waals surface area contributed by atoms with Crippen LogP contribution in [-0.2, 0) is 14.8 Å². The topological polar surface area (TPSA) is 58.6 Å². The summed E-state index contributed by atoms with van der Waals surface area (Å²) in [7, 11) is -3.21. The predicted molar refractivity (Wildman–Crippen MR) is 73.1 cm³/mol. The Morgan fingerprint density at radius 1 is 1.39 bits per heavy atom. The first-order valence-electron chi connectivity index (χ1n) is 6.71. The monoisotopic (exact) mass is 278 g/mol. The van der Waals surface area contributed by atoms with Crippen LogP contribution in [0.3, 0.4) is 0 Å². The van der Waals surface area contributed by atoms with Crippen LogP contribution in [0.5, 0.6) is 0 Å². The molecule has 1 heterocycles. The van der Waals surface area contributed by atoms with Gasteiger partial charge in [-0.1, -0.05) is 20.8 Å². The van der Waals surface area contributed by atoms with Crippen LogP contribution < -0.4 is 5.32 Å². The van der Waals surface area contributed by atoms with Crippen LogP contribution in [0.2, 0.25) is 0 Å². The van der Waals surface area contributed by atoms with E-state index in [1.807, 2.05) is 20.8 Å². The fraction of sp³-hybridized carbons (Fsp3) is 1.00. The van der Waals surface area contributed by atoms with Gasteiger partial charge in [0.15, 0.2) is 0 Å². The highest BCUT2D eigenvalue weighted by atomic mass is 32.2. The summed E-state index contributed by atoms with van der Waals surface area (Å²) in [6.07, 6.45) is 0.892. The van der Waals surface area contributed by atoms with Gasteiger partial charge in [0.25, 0.3) is 0 Å². The first-order chi connectivity index (χ1) is 8.37. The van der Waals surface area contributed by atoms with Crippen molar-refractivity contribution in [2.45, 2.75) is 51.5 Å². The number of nitrogens with zero attached hydrogens (tertiary/aromatic N) is 1. The van der Waals surface area contributed by atoms with Gasteiger partial charge < -0.3 is 10.1 Å². The summed E-state index contributed by atoms with van der Waals surface area (Å²) >= 11 is 0. The third-order valence-corrected chi connectivity index (χ3v) is 5.47. The van der Waals surface area contributed by atoms with E-state index in [1.165, 1.54) is 0 Å². The highest BCUT2D eigenvalue weighted by Crippen LogP contribution is 2.15. The molecule has 1 aliphatic heterocycles. The second kappa shape index (κ2) is 6.84. The molecule has 0 spiro atoms. The molecule has 1 rings (SSSR count). The van der Waals surface area contributed by atoms with E-state index in [4.69, 9.17) is 4.74 Å². The summed E-state index contributed by atoms with van der Waals surface area (Å²) < 4.78 is 31.9. The lowest BCUT2D eigenvalue weighted by atomic mass is 10.2. The smallest absolute Gasteiger partial charge is 0.218 e. The van der Waals surface area contributed by atoms with Gasteiger partial charge in [-0.3, -0.25) is 0 Å². The number of sulfonamides is 1. The molecule has 2 atom stereocenters. The normalized spacial score (nSPS) is 24.4. The minimum Gasteiger partial charge on any atom is -0.375 e. The molecule has 0 aromatic carbocycles. The molecule has 0 aromatic rings. The van der Waals surface area contributed by atoms with Crippen molar-refractivity contribution in [1.82, 2.24) is 9.62 Å². The van der Waals surface area contributed by atoms with Gasteiger partial charge >= 0.3 is 0 Å². The Hall–Kier alpha value is -0.170. The average molecular weight is 278 g/mol. The molecule has 0 aromatic heterocycles. The van der Waals surface area contributed by atoms with Crippen LogP contribution in [0.4, 0.5) is 0 Å². The summed E-state index contributed by atoms with van der Waals surface area (Å²) in [4.78, 5) is 0. The Kier molecular flexibility index (Phi) is 6.04. The minimum atomic E-state index is -3.21. The van der Waals surface area contributed by atoms with Crippen molar-refractivity contribution >= 4 is 10.0 Å². The van der Waals surface area contributed by atoms with E-state index in [9.17, 15) is 8.42 Å². The molecule has 6 heteroatoms. The van der Waals surface area contributed by atoms with Crippen LogP contribution in [0.1, 0.15) is 34.1 Å². The van der Waals surface area contributed by atoms with Gasteiger partial charge in [0, 0.05) is 25.7 Å². The molecule has 0 aliphatic carbocycles. The van der Waals surface area contributed by atoms with Gasteiger partial charge in [0.2, 0.25) is 10.0 Å². The number of rotatable bonds is 6. The van der Waals surface area contributed by atoms with Crippen molar-refractivity contribution in [3.8, 4) is 0 Å². The van der Waals surface area contributed by atoms with Crippen molar-refractivity contribution in [1.29, 1.82) is 0 Å². The highest BCUT2D eigenvalue weighted by Gasteiger charge is 2.32. The number of nitrogens with one attached hydrogen (secondary N) is 1. The first-order valence-corrected chi connectivity index (χ1v) is 8.22. The van der Waals surface area contributed by atoms with Crippen molar-refractivity contribution in [2.75, 3.05) is 26.2 Å². The second-order valence-corrected chi connectivity index (χ2v) is 7.53. The molecule has 1 aliphatic rings. The molecule has 0 saturated carbocycles. The molecule has 108 valence electrons. The summed E-state index contributed by atoms with van der Waals surface area (Å²) in [5, 5.41) is 2.79. The largest absolute Gasteiger partial charge is 0.375 e. The Labute approximate surface area is 111 Å². The van der Waals surface area contributed by atoms with Crippen molar-refractivity contribution < 1.29 is 13.2 Å². The Morgan fingerprint density at radius 3 is 2.61 bits per heavy atom. The molecule has 0 bridgehead atoms. The summed E-state index contributed by atoms with van der Waals surface area (Å²) in [6.45, 7) is 9.78. The van der Waals surface area contributed by atoms with Gasteiger partial charge in [0.05, 0.1) is 18.0 Å². The summed E-state index contributed by atoms with van der Waals surface area (Å²) in [5.74, 6) is 0. The van der Waals surface area contributed by atoms with Crippen LogP contribution in [0, 0.1) is 0 Å². The molecule has 18 heavy (non-hydrogen) atoms. The number of hydrogen-bond acceptors (Lipinski definition) is 4. The van der Waals surface area contributed by atoms with E-state index in [-0.39, 0.29) is 6.10 Å². The maximum atomic E-state index is 12.4.